The molecule has 7 nitrogen and oxygen atoms in total. The first kappa shape index (κ1) is 21.5. The first-order valence-electron chi connectivity index (χ1n) is 10.4. The Hall–Kier alpha value is -3.71. The lowest BCUT2D eigenvalue weighted by Crippen LogP contribution is -2.61. The number of aromatic nitrogens is 1. The summed E-state index contributed by atoms with van der Waals surface area (Å²) in [6, 6.07) is 18.7. The molecule has 1 atom stereocenters. The van der Waals surface area contributed by atoms with Crippen LogP contribution in [-0.2, 0) is 16.0 Å². The van der Waals surface area contributed by atoms with Crippen molar-refractivity contribution in [2.24, 2.45) is 5.73 Å². The Morgan fingerprint density at radius 3 is 2.62 bits per heavy atom. The van der Waals surface area contributed by atoms with E-state index in [1.165, 1.54) is 7.11 Å². The summed E-state index contributed by atoms with van der Waals surface area (Å²) in [6.07, 6.45) is 3.73. The van der Waals surface area contributed by atoms with E-state index in [4.69, 9.17) is 15.2 Å². The van der Waals surface area contributed by atoms with Crippen molar-refractivity contribution in [3.63, 3.8) is 0 Å². The number of para-hydroxylation sites is 1. The molecular formula is C25H25N3O4. The average Bonchev–Trinajstić information content (AvgIpc) is 2.84. The molecule has 0 radical (unpaired) electrons. The van der Waals surface area contributed by atoms with Gasteiger partial charge in [-0.15, -0.1) is 0 Å². The molecule has 1 aliphatic rings. The van der Waals surface area contributed by atoms with E-state index in [1.807, 2.05) is 36.4 Å². The number of carbonyl (C=O) groups is 2. The fourth-order valence-electron chi connectivity index (χ4n) is 4.03. The van der Waals surface area contributed by atoms with Crippen LogP contribution in [0, 0.1) is 0 Å². The van der Waals surface area contributed by atoms with Crippen molar-refractivity contribution in [2.45, 2.75) is 12.0 Å². The van der Waals surface area contributed by atoms with Gasteiger partial charge in [-0.25, -0.2) is 0 Å². The number of ether oxygens (including phenoxy) is 2. The molecule has 32 heavy (non-hydrogen) atoms. The van der Waals surface area contributed by atoms with E-state index in [0.29, 0.717) is 17.9 Å². The monoisotopic (exact) mass is 431 g/mol. The van der Waals surface area contributed by atoms with Gasteiger partial charge in [0.15, 0.2) is 5.60 Å². The number of rotatable bonds is 6. The normalized spacial score (nSPS) is 18.2. The summed E-state index contributed by atoms with van der Waals surface area (Å²) < 4.78 is 11.3. The van der Waals surface area contributed by atoms with Crippen LogP contribution in [0.25, 0.3) is 11.1 Å². The van der Waals surface area contributed by atoms with Gasteiger partial charge in [0.2, 0.25) is 0 Å². The molecule has 1 fully saturated rings. The molecule has 1 aromatic heterocycles. The molecule has 164 valence electrons. The maximum absolute atomic E-state index is 13.2. The highest BCUT2D eigenvalue weighted by Crippen LogP contribution is 2.28. The topological polar surface area (TPSA) is 94.8 Å². The predicted molar refractivity (Wildman–Crippen MR) is 120 cm³/mol. The number of pyridine rings is 1. The molecule has 1 saturated heterocycles. The Morgan fingerprint density at radius 1 is 1.09 bits per heavy atom. The van der Waals surface area contributed by atoms with Gasteiger partial charge in [-0.3, -0.25) is 14.6 Å². The third kappa shape index (κ3) is 4.33. The van der Waals surface area contributed by atoms with Crippen LogP contribution >= 0.6 is 0 Å². The van der Waals surface area contributed by atoms with E-state index in [1.54, 1.807) is 41.6 Å². The van der Waals surface area contributed by atoms with Crippen LogP contribution in [0.1, 0.15) is 15.9 Å². The van der Waals surface area contributed by atoms with Crippen LogP contribution in [0.15, 0.2) is 73.1 Å². The second-order valence-electron chi connectivity index (χ2n) is 7.75. The molecule has 2 N–H and O–H groups in total. The van der Waals surface area contributed by atoms with Crippen LogP contribution in [0.4, 0.5) is 0 Å². The number of primary amides is 1. The van der Waals surface area contributed by atoms with Crippen molar-refractivity contribution >= 4 is 11.8 Å². The number of nitrogens with two attached hydrogens (primary N) is 1. The molecule has 0 saturated carbocycles. The van der Waals surface area contributed by atoms with Crippen LogP contribution in [-0.4, -0.2) is 54.1 Å². The van der Waals surface area contributed by atoms with Gasteiger partial charge in [0.05, 0.1) is 25.8 Å². The molecule has 2 amide bonds. The number of benzene rings is 2. The van der Waals surface area contributed by atoms with Crippen molar-refractivity contribution in [3.8, 4) is 16.9 Å². The molecule has 1 unspecified atom stereocenters. The number of carbonyl (C=O) groups excluding carboxylic acids is 2. The summed E-state index contributed by atoms with van der Waals surface area (Å²) in [4.78, 5) is 31.5. The number of hydrogen-bond donors (Lipinski definition) is 1. The Balaban J connectivity index is 1.60. The second-order valence-corrected chi connectivity index (χ2v) is 7.75. The lowest BCUT2D eigenvalue weighted by Gasteiger charge is -2.41. The molecule has 0 spiro atoms. The van der Waals surface area contributed by atoms with Crippen molar-refractivity contribution in [1.82, 2.24) is 9.88 Å². The first-order chi connectivity index (χ1) is 15.5. The van der Waals surface area contributed by atoms with Gasteiger partial charge < -0.3 is 20.1 Å². The highest BCUT2D eigenvalue weighted by molar-refractivity contribution is 5.97. The third-order valence-corrected chi connectivity index (χ3v) is 5.69. The van der Waals surface area contributed by atoms with E-state index < -0.39 is 11.5 Å². The fraction of sp³-hybridized carbons (Fsp3) is 0.240. The van der Waals surface area contributed by atoms with Gasteiger partial charge in [-0.05, 0) is 41.0 Å². The summed E-state index contributed by atoms with van der Waals surface area (Å²) in [5.74, 6) is -0.329. The Kier molecular flexibility index (Phi) is 6.18. The minimum atomic E-state index is -1.31. The predicted octanol–water partition coefficient (Wildman–Crippen LogP) is 2.70. The third-order valence-electron chi connectivity index (χ3n) is 5.69. The SMILES string of the molecule is COc1ccccc1C(=O)N1CCOC(Cc2cccc(-c3ccncc3)c2)(C(N)=O)C1. The van der Waals surface area contributed by atoms with E-state index >= 15 is 0 Å². The van der Waals surface area contributed by atoms with E-state index in [-0.39, 0.29) is 25.5 Å². The number of methoxy groups -OCH3 is 1. The molecule has 7 heteroatoms. The van der Waals surface area contributed by atoms with Crippen LogP contribution in [0.5, 0.6) is 5.75 Å². The minimum Gasteiger partial charge on any atom is -0.496 e. The maximum Gasteiger partial charge on any atom is 0.257 e. The fourth-order valence-corrected chi connectivity index (χ4v) is 4.03. The van der Waals surface area contributed by atoms with Crippen LogP contribution < -0.4 is 10.5 Å². The number of hydrogen-bond acceptors (Lipinski definition) is 5. The molecule has 0 aliphatic carbocycles. The summed E-state index contributed by atoms with van der Waals surface area (Å²) in [7, 11) is 1.52. The summed E-state index contributed by atoms with van der Waals surface area (Å²) >= 11 is 0. The number of nitrogens with zero attached hydrogens (tertiary/aromatic N) is 2. The lowest BCUT2D eigenvalue weighted by molar-refractivity contribution is -0.153. The van der Waals surface area contributed by atoms with Crippen molar-refractivity contribution in [2.75, 3.05) is 26.8 Å². The molecule has 3 aromatic rings. The maximum atomic E-state index is 13.2. The van der Waals surface area contributed by atoms with Crippen LogP contribution in [0.2, 0.25) is 0 Å². The molecule has 1 aliphatic heterocycles. The lowest BCUT2D eigenvalue weighted by atomic mass is 9.90. The highest BCUT2D eigenvalue weighted by atomic mass is 16.5. The Morgan fingerprint density at radius 2 is 1.88 bits per heavy atom. The summed E-state index contributed by atoms with van der Waals surface area (Å²) in [6.45, 7) is 0.648. The molecule has 4 rings (SSSR count). The van der Waals surface area contributed by atoms with Gasteiger partial charge in [-0.2, -0.15) is 0 Å². The van der Waals surface area contributed by atoms with Crippen molar-refractivity contribution in [1.29, 1.82) is 0 Å². The number of amides is 2. The average molecular weight is 431 g/mol. The zero-order valence-corrected chi connectivity index (χ0v) is 17.9. The molecule has 2 aromatic carbocycles. The number of morpholine rings is 1. The second kappa shape index (κ2) is 9.20. The molecular weight excluding hydrogens is 406 g/mol. The van der Waals surface area contributed by atoms with Crippen molar-refractivity contribution < 1.29 is 19.1 Å². The van der Waals surface area contributed by atoms with Gasteiger partial charge >= 0.3 is 0 Å². The Labute approximate surface area is 186 Å². The zero-order chi connectivity index (χ0) is 22.6. The molecule has 0 bridgehead atoms. The Bertz CT molecular complexity index is 1120. The standard InChI is InChI=1S/C25H25N3O4/c1-31-22-8-3-2-7-21(22)23(29)28-13-14-32-25(17-28,24(26)30)16-18-5-4-6-20(15-18)19-9-11-27-12-10-19/h2-12,15H,13-14,16-17H2,1H3,(H2,26,30). The van der Waals surface area contributed by atoms with Gasteiger partial charge in [-0.1, -0.05) is 36.4 Å². The van der Waals surface area contributed by atoms with Crippen molar-refractivity contribution in [3.05, 3.63) is 84.2 Å². The van der Waals surface area contributed by atoms with Gasteiger partial charge in [0.1, 0.15) is 5.75 Å². The summed E-state index contributed by atoms with van der Waals surface area (Å²) in [5, 5.41) is 0. The highest BCUT2D eigenvalue weighted by Gasteiger charge is 2.44. The van der Waals surface area contributed by atoms with Gasteiger partial charge in [0.25, 0.3) is 11.8 Å². The smallest absolute Gasteiger partial charge is 0.257 e. The van der Waals surface area contributed by atoms with E-state index in [0.717, 1.165) is 16.7 Å². The van der Waals surface area contributed by atoms with E-state index in [2.05, 4.69) is 4.98 Å². The van der Waals surface area contributed by atoms with Crippen LogP contribution in [0.3, 0.4) is 0 Å². The first-order valence-corrected chi connectivity index (χ1v) is 10.4. The zero-order valence-electron chi connectivity index (χ0n) is 17.9. The summed E-state index contributed by atoms with van der Waals surface area (Å²) in [5.41, 5.74) is 7.86. The van der Waals surface area contributed by atoms with E-state index in [9.17, 15) is 9.59 Å². The molecule has 2 heterocycles. The quantitative estimate of drug-likeness (QED) is 0.648. The van der Waals surface area contributed by atoms with Gasteiger partial charge in [0, 0.05) is 25.4 Å². The minimum absolute atomic E-state index is 0.0682. The largest absolute Gasteiger partial charge is 0.496 e.